The van der Waals surface area contributed by atoms with Gasteiger partial charge in [-0.05, 0) is 19.3 Å². The number of hydrogen-bond acceptors (Lipinski definition) is 6. The molecule has 0 radical (unpaired) electrons. The molecule has 1 aliphatic rings. The van der Waals surface area contributed by atoms with Crippen LogP contribution in [0.25, 0.3) is 0 Å². The summed E-state index contributed by atoms with van der Waals surface area (Å²) in [5.74, 6) is 6.16. The van der Waals surface area contributed by atoms with Gasteiger partial charge >= 0.3 is 0 Å². The SMILES string of the molecule is NNc1ncc(Cl)c(NCCC2CCCO2)n1. The Morgan fingerprint density at radius 1 is 1.59 bits per heavy atom. The normalized spacial score (nSPS) is 19.3. The van der Waals surface area contributed by atoms with E-state index in [0.717, 1.165) is 32.4 Å². The van der Waals surface area contributed by atoms with Crippen molar-refractivity contribution in [3.63, 3.8) is 0 Å². The van der Waals surface area contributed by atoms with E-state index in [0.29, 0.717) is 22.9 Å². The molecular formula is C10H16ClN5O. The van der Waals surface area contributed by atoms with Crippen molar-refractivity contribution < 1.29 is 4.74 Å². The lowest BCUT2D eigenvalue weighted by atomic mass is 10.2. The standard InChI is InChI=1S/C10H16ClN5O/c11-8-6-14-10(16-12)15-9(8)13-4-3-7-2-1-5-17-7/h6-7H,1-5,12H2,(H2,13,14,15,16). The van der Waals surface area contributed by atoms with E-state index in [9.17, 15) is 0 Å². The van der Waals surface area contributed by atoms with Crippen molar-refractivity contribution in [3.8, 4) is 0 Å². The summed E-state index contributed by atoms with van der Waals surface area (Å²) in [6, 6.07) is 0. The van der Waals surface area contributed by atoms with Crippen molar-refractivity contribution >= 4 is 23.4 Å². The first-order valence-corrected chi connectivity index (χ1v) is 6.02. The molecule has 0 spiro atoms. The number of rotatable bonds is 5. The van der Waals surface area contributed by atoms with Crippen LogP contribution in [0.3, 0.4) is 0 Å². The Hall–Kier alpha value is -1.11. The van der Waals surface area contributed by atoms with Crippen LogP contribution in [-0.2, 0) is 4.74 Å². The third-order valence-corrected chi connectivity index (χ3v) is 2.93. The number of ether oxygens (including phenoxy) is 1. The Labute approximate surface area is 105 Å². The average molecular weight is 258 g/mol. The van der Waals surface area contributed by atoms with Crippen molar-refractivity contribution in [2.75, 3.05) is 23.9 Å². The lowest BCUT2D eigenvalue weighted by Gasteiger charge is -2.11. The molecule has 0 amide bonds. The van der Waals surface area contributed by atoms with Crippen LogP contribution in [0.2, 0.25) is 5.02 Å². The third-order valence-electron chi connectivity index (χ3n) is 2.66. The third kappa shape index (κ3) is 3.42. The fourth-order valence-corrected chi connectivity index (χ4v) is 1.94. The number of hydrazine groups is 1. The van der Waals surface area contributed by atoms with E-state index in [2.05, 4.69) is 20.7 Å². The highest BCUT2D eigenvalue weighted by Gasteiger charge is 2.15. The number of nitrogen functional groups attached to an aromatic ring is 1. The molecule has 0 bridgehead atoms. The molecule has 6 nitrogen and oxygen atoms in total. The minimum atomic E-state index is 0.342. The van der Waals surface area contributed by atoms with Crippen molar-refractivity contribution in [2.24, 2.45) is 5.84 Å². The van der Waals surface area contributed by atoms with Crippen molar-refractivity contribution in [2.45, 2.75) is 25.4 Å². The van der Waals surface area contributed by atoms with Crippen LogP contribution in [0.15, 0.2) is 6.20 Å². The van der Waals surface area contributed by atoms with Crippen LogP contribution in [0.5, 0.6) is 0 Å². The second-order valence-electron chi connectivity index (χ2n) is 3.88. The second-order valence-corrected chi connectivity index (χ2v) is 4.29. The molecular weight excluding hydrogens is 242 g/mol. The zero-order valence-electron chi connectivity index (χ0n) is 9.45. The first-order valence-electron chi connectivity index (χ1n) is 5.64. The number of nitrogens with one attached hydrogen (secondary N) is 2. The van der Waals surface area contributed by atoms with E-state index >= 15 is 0 Å². The predicted molar refractivity (Wildman–Crippen MR) is 66.9 cm³/mol. The fourth-order valence-electron chi connectivity index (χ4n) is 1.78. The van der Waals surface area contributed by atoms with E-state index < -0.39 is 0 Å². The minimum Gasteiger partial charge on any atom is -0.378 e. The molecule has 1 saturated heterocycles. The highest BCUT2D eigenvalue weighted by Crippen LogP contribution is 2.20. The number of nitrogens with zero attached hydrogens (tertiary/aromatic N) is 2. The summed E-state index contributed by atoms with van der Waals surface area (Å²) in [4.78, 5) is 8.02. The molecule has 0 aliphatic carbocycles. The Morgan fingerprint density at radius 2 is 2.47 bits per heavy atom. The average Bonchev–Trinajstić information content (AvgIpc) is 2.84. The van der Waals surface area contributed by atoms with Crippen molar-refractivity contribution in [3.05, 3.63) is 11.2 Å². The maximum Gasteiger partial charge on any atom is 0.239 e. The number of halogens is 1. The van der Waals surface area contributed by atoms with Crippen molar-refractivity contribution in [1.29, 1.82) is 0 Å². The van der Waals surface area contributed by atoms with Gasteiger partial charge in [-0.15, -0.1) is 0 Å². The van der Waals surface area contributed by atoms with Gasteiger partial charge < -0.3 is 10.1 Å². The van der Waals surface area contributed by atoms with Gasteiger partial charge in [0.2, 0.25) is 5.95 Å². The van der Waals surface area contributed by atoms with E-state index in [1.165, 1.54) is 6.20 Å². The summed E-state index contributed by atoms with van der Waals surface area (Å²) in [7, 11) is 0. The summed E-state index contributed by atoms with van der Waals surface area (Å²) in [5.41, 5.74) is 2.38. The van der Waals surface area contributed by atoms with E-state index in [1.807, 2.05) is 0 Å². The van der Waals surface area contributed by atoms with E-state index in [-0.39, 0.29) is 0 Å². The smallest absolute Gasteiger partial charge is 0.239 e. The largest absolute Gasteiger partial charge is 0.378 e. The molecule has 0 aromatic carbocycles. The van der Waals surface area contributed by atoms with Gasteiger partial charge in [-0.2, -0.15) is 4.98 Å². The zero-order valence-corrected chi connectivity index (χ0v) is 10.2. The lowest BCUT2D eigenvalue weighted by Crippen LogP contribution is -2.15. The predicted octanol–water partition coefficient (Wildman–Crippen LogP) is 1.40. The molecule has 2 rings (SSSR count). The molecule has 1 unspecified atom stereocenters. The lowest BCUT2D eigenvalue weighted by molar-refractivity contribution is 0.107. The molecule has 4 N–H and O–H groups in total. The quantitative estimate of drug-likeness (QED) is 0.546. The topological polar surface area (TPSA) is 85.1 Å². The van der Waals surface area contributed by atoms with E-state index in [4.69, 9.17) is 22.2 Å². The van der Waals surface area contributed by atoms with Gasteiger partial charge in [0.25, 0.3) is 0 Å². The maximum absolute atomic E-state index is 5.96. The Morgan fingerprint density at radius 3 is 3.18 bits per heavy atom. The molecule has 1 atom stereocenters. The maximum atomic E-state index is 5.96. The molecule has 7 heteroatoms. The molecule has 1 aliphatic heterocycles. The molecule has 94 valence electrons. The zero-order chi connectivity index (χ0) is 12.1. The Kier molecular flexibility index (Phi) is 4.36. The monoisotopic (exact) mass is 257 g/mol. The van der Waals surface area contributed by atoms with Crippen molar-refractivity contribution in [1.82, 2.24) is 9.97 Å². The number of nitrogens with two attached hydrogens (primary N) is 1. The Bertz CT molecular complexity index is 370. The van der Waals surface area contributed by atoms with Gasteiger partial charge in [0.05, 0.1) is 12.3 Å². The first kappa shape index (κ1) is 12.3. The highest BCUT2D eigenvalue weighted by atomic mass is 35.5. The first-order chi connectivity index (χ1) is 8.29. The van der Waals surface area contributed by atoms with Crippen LogP contribution in [0, 0.1) is 0 Å². The second kappa shape index (κ2) is 6.00. The summed E-state index contributed by atoms with van der Waals surface area (Å²) < 4.78 is 5.53. The summed E-state index contributed by atoms with van der Waals surface area (Å²) in [6.07, 6.45) is 5.11. The highest BCUT2D eigenvalue weighted by molar-refractivity contribution is 6.32. The minimum absolute atomic E-state index is 0.342. The van der Waals surface area contributed by atoms with Gasteiger partial charge in [0, 0.05) is 13.2 Å². The molecule has 17 heavy (non-hydrogen) atoms. The van der Waals surface area contributed by atoms with Crippen LogP contribution in [0.4, 0.5) is 11.8 Å². The van der Waals surface area contributed by atoms with Crippen LogP contribution in [-0.4, -0.2) is 29.2 Å². The number of hydrogen-bond donors (Lipinski definition) is 3. The van der Waals surface area contributed by atoms with Crippen LogP contribution in [0.1, 0.15) is 19.3 Å². The fraction of sp³-hybridized carbons (Fsp3) is 0.600. The number of anilines is 2. The van der Waals surface area contributed by atoms with Gasteiger partial charge in [-0.1, -0.05) is 11.6 Å². The molecule has 0 saturated carbocycles. The molecule has 1 fully saturated rings. The van der Waals surface area contributed by atoms with Crippen LogP contribution < -0.4 is 16.6 Å². The summed E-state index contributed by atoms with van der Waals surface area (Å²) in [6.45, 7) is 1.64. The summed E-state index contributed by atoms with van der Waals surface area (Å²) >= 11 is 5.96. The van der Waals surface area contributed by atoms with Gasteiger partial charge in [0.1, 0.15) is 5.02 Å². The molecule has 2 heterocycles. The molecule has 1 aromatic heterocycles. The van der Waals surface area contributed by atoms with Gasteiger partial charge in [-0.25, -0.2) is 10.8 Å². The summed E-state index contributed by atoms with van der Waals surface area (Å²) in [5, 5.41) is 3.64. The Balaban J connectivity index is 1.84. The van der Waals surface area contributed by atoms with Gasteiger partial charge in [-0.3, -0.25) is 5.43 Å². The number of aromatic nitrogens is 2. The van der Waals surface area contributed by atoms with Gasteiger partial charge in [0.15, 0.2) is 5.82 Å². The van der Waals surface area contributed by atoms with Crippen LogP contribution >= 0.6 is 11.6 Å². The molecule has 1 aromatic rings. The van der Waals surface area contributed by atoms with E-state index in [1.54, 1.807) is 0 Å².